The first-order chi connectivity index (χ1) is 11.7. The van der Waals surface area contributed by atoms with E-state index in [2.05, 4.69) is 10.1 Å². The predicted molar refractivity (Wildman–Crippen MR) is 91.3 cm³/mol. The van der Waals surface area contributed by atoms with Crippen molar-refractivity contribution in [2.45, 2.75) is 6.54 Å². The lowest BCUT2D eigenvalue weighted by Crippen LogP contribution is -2.21. The minimum atomic E-state index is -0.263. The molecule has 0 spiro atoms. The molecule has 0 unspecified atom stereocenters. The molecule has 1 aromatic carbocycles. The van der Waals surface area contributed by atoms with Gasteiger partial charge in [0.25, 0.3) is 5.56 Å². The second kappa shape index (κ2) is 5.48. The maximum absolute atomic E-state index is 13.1. The van der Waals surface area contributed by atoms with Gasteiger partial charge in [0.05, 0.1) is 29.7 Å². The van der Waals surface area contributed by atoms with Crippen molar-refractivity contribution >= 4 is 33.4 Å². The van der Waals surface area contributed by atoms with Crippen LogP contribution < -0.4 is 5.56 Å². The number of halogens is 1. The molecule has 0 bridgehead atoms. The van der Waals surface area contributed by atoms with Crippen LogP contribution in [-0.4, -0.2) is 19.3 Å². The van der Waals surface area contributed by atoms with Gasteiger partial charge >= 0.3 is 0 Å². The van der Waals surface area contributed by atoms with Crippen molar-refractivity contribution in [1.29, 1.82) is 5.26 Å². The normalized spacial score (nSPS) is 11.0. The van der Waals surface area contributed by atoms with Crippen molar-refractivity contribution in [3.8, 4) is 11.8 Å². The molecule has 0 saturated carbocycles. The third kappa shape index (κ3) is 2.07. The summed E-state index contributed by atoms with van der Waals surface area (Å²) in [6, 6.07) is 10.9. The molecule has 0 amide bonds. The number of hydrogen-bond acceptors (Lipinski definition) is 4. The van der Waals surface area contributed by atoms with E-state index in [9.17, 15) is 4.79 Å². The summed E-state index contributed by atoms with van der Waals surface area (Å²) in [5, 5.41) is 15.2. The van der Waals surface area contributed by atoms with Crippen LogP contribution in [0, 0.1) is 11.3 Å². The Kier molecular flexibility index (Phi) is 3.29. The van der Waals surface area contributed by atoms with E-state index in [0.717, 1.165) is 5.39 Å². The van der Waals surface area contributed by atoms with Crippen LogP contribution in [0.4, 0.5) is 0 Å². The van der Waals surface area contributed by atoms with Gasteiger partial charge in [0.1, 0.15) is 12.1 Å². The molecule has 3 aromatic heterocycles. The minimum absolute atomic E-state index is 0.00484. The Balaban J connectivity index is 2.25. The molecule has 0 aliphatic heterocycles. The Morgan fingerprint density at radius 1 is 1.21 bits per heavy atom. The zero-order chi connectivity index (χ0) is 16.7. The van der Waals surface area contributed by atoms with E-state index < -0.39 is 0 Å². The van der Waals surface area contributed by atoms with Crippen molar-refractivity contribution < 1.29 is 0 Å². The lowest BCUT2D eigenvalue weighted by Gasteiger charge is -2.12. The second-order valence-electron chi connectivity index (χ2n) is 5.24. The SMILES string of the molecule is N#CCn1ncc2c3ccc(Cl)cc3n(-c3cccnc3)c(=O)c21. The summed E-state index contributed by atoms with van der Waals surface area (Å²) >= 11 is 6.14. The molecule has 6 nitrogen and oxygen atoms in total. The molecule has 24 heavy (non-hydrogen) atoms. The van der Waals surface area contributed by atoms with Crippen LogP contribution in [0.5, 0.6) is 0 Å². The van der Waals surface area contributed by atoms with Crippen LogP contribution >= 0.6 is 11.6 Å². The van der Waals surface area contributed by atoms with Crippen LogP contribution in [-0.2, 0) is 6.54 Å². The van der Waals surface area contributed by atoms with Gasteiger partial charge in [0.15, 0.2) is 0 Å². The van der Waals surface area contributed by atoms with Gasteiger partial charge in [-0.1, -0.05) is 17.7 Å². The first kappa shape index (κ1) is 14.4. The molecule has 4 aromatic rings. The summed E-state index contributed by atoms with van der Waals surface area (Å²) < 4.78 is 2.96. The number of aromatic nitrogens is 4. The highest BCUT2D eigenvalue weighted by molar-refractivity contribution is 6.31. The highest BCUT2D eigenvalue weighted by Crippen LogP contribution is 2.27. The summed E-state index contributed by atoms with van der Waals surface area (Å²) in [7, 11) is 0. The Morgan fingerprint density at radius 3 is 2.83 bits per heavy atom. The minimum Gasteiger partial charge on any atom is -0.273 e. The van der Waals surface area contributed by atoms with Gasteiger partial charge in [-0.15, -0.1) is 0 Å². The molecule has 4 rings (SSSR count). The molecule has 0 atom stereocenters. The molecule has 7 heteroatoms. The molecular weight excluding hydrogens is 326 g/mol. The Morgan fingerprint density at radius 2 is 2.08 bits per heavy atom. The maximum Gasteiger partial charge on any atom is 0.281 e. The highest BCUT2D eigenvalue weighted by Gasteiger charge is 2.16. The lowest BCUT2D eigenvalue weighted by molar-refractivity contribution is 0.731. The number of fused-ring (bicyclic) bond motifs is 3. The number of nitrogens with zero attached hydrogens (tertiary/aromatic N) is 5. The fourth-order valence-corrected chi connectivity index (χ4v) is 3.04. The van der Waals surface area contributed by atoms with E-state index >= 15 is 0 Å². The zero-order valence-corrected chi connectivity index (χ0v) is 13.1. The molecule has 0 fully saturated rings. The molecule has 0 aliphatic rings. The first-order valence-corrected chi connectivity index (χ1v) is 7.55. The van der Waals surface area contributed by atoms with Crippen LogP contribution in [0.1, 0.15) is 0 Å². The van der Waals surface area contributed by atoms with Gasteiger partial charge in [-0.2, -0.15) is 10.4 Å². The molecule has 0 saturated heterocycles. The van der Waals surface area contributed by atoms with Crippen LogP contribution in [0.2, 0.25) is 5.02 Å². The van der Waals surface area contributed by atoms with Crippen LogP contribution in [0.15, 0.2) is 53.7 Å². The first-order valence-electron chi connectivity index (χ1n) is 7.18. The standard InChI is InChI=1S/C17H10ClN5O/c18-11-3-4-13-14-10-21-22(7-5-19)16(14)17(24)23(15(13)8-11)12-2-1-6-20-9-12/h1-4,6,8-10H,7H2. The summed E-state index contributed by atoms with van der Waals surface area (Å²) in [5.74, 6) is 0. The summed E-state index contributed by atoms with van der Waals surface area (Å²) in [6.45, 7) is 0.00484. The fourth-order valence-electron chi connectivity index (χ4n) is 2.87. The molecule has 0 N–H and O–H groups in total. The monoisotopic (exact) mass is 335 g/mol. The van der Waals surface area contributed by atoms with Crippen molar-refractivity contribution in [3.05, 3.63) is 64.3 Å². The molecular formula is C17H10ClN5O. The molecule has 0 aliphatic carbocycles. The number of nitriles is 1. The number of benzene rings is 1. The van der Waals surface area contributed by atoms with Crippen LogP contribution in [0.25, 0.3) is 27.5 Å². The van der Waals surface area contributed by atoms with Gasteiger partial charge < -0.3 is 0 Å². The Labute approximate surface area is 141 Å². The molecule has 116 valence electrons. The van der Waals surface area contributed by atoms with E-state index in [1.54, 1.807) is 47.4 Å². The average Bonchev–Trinajstić information content (AvgIpc) is 3.00. The van der Waals surface area contributed by atoms with Crippen molar-refractivity contribution in [3.63, 3.8) is 0 Å². The number of rotatable bonds is 2. The largest absolute Gasteiger partial charge is 0.281 e. The Hall–Kier alpha value is -3.17. The second-order valence-corrected chi connectivity index (χ2v) is 5.67. The van der Waals surface area contributed by atoms with Crippen molar-refractivity contribution in [1.82, 2.24) is 19.3 Å². The Bertz CT molecular complexity index is 1170. The van der Waals surface area contributed by atoms with E-state index in [-0.39, 0.29) is 12.1 Å². The average molecular weight is 336 g/mol. The smallest absolute Gasteiger partial charge is 0.273 e. The van der Waals surface area contributed by atoms with E-state index in [1.807, 2.05) is 12.1 Å². The summed E-state index contributed by atoms with van der Waals surface area (Å²) in [5.41, 5.74) is 1.42. The maximum atomic E-state index is 13.1. The van der Waals surface area contributed by atoms with Gasteiger partial charge in [-0.3, -0.25) is 14.3 Å². The molecule has 0 radical (unpaired) electrons. The topological polar surface area (TPSA) is 76.5 Å². The third-order valence-corrected chi connectivity index (χ3v) is 4.10. The quantitative estimate of drug-likeness (QED) is 0.564. The molecule has 3 heterocycles. The predicted octanol–water partition coefficient (Wildman–Crippen LogP) is 2.91. The number of pyridine rings is 2. The van der Waals surface area contributed by atoms with Gasteiger partial charge in [0.2, 0.25) is 0 Å². The zero-order valence-electron chi connectivity index (χ0n) is 12.3. The van der Waals surface area contributed by atoms with Gasteiger partial charge in [0, 0.05) is 22.0 Å². The van der Waals surface area contributed by atoms with E-state index in [4.69, 9.17) is 16.9 Å². The third-order valence-electron chi connectivity index (χ3n) is 3.86. The van der Waals surface area contributed by atoms with Crippen molar-refractivity contribution in [2.75, 3.05) is 0 Å². The number of hydrogen-bond donors (Lipinski definition) is 0. The van der Waals surface area contributed by atoms with Gasteiger partial charge in [-0.25, -0.2) is 4.68 Å². The summed E-state index contributed by atoms with van der Waals surface area (Å²) in [4.78, 5) is 17.2. The van der Waals surface area contributed by atoms with Crippen LogP contribution in [0.3, 0.4) is 0 Å². The lowest BCUT2D eigenvalue weighted by atomic mass is 10.1. The van der Waals surface area contributed by atoms with E-state index in [0.29, 0.717) is 27.1 Å². The summed E-state index contributed by atoms with van der Waals surface area (Å²) in [6.07, 6.45) is 4.86. The highest BCUT2D eigenvalue weighted by atomic mass is 35.5. The fraction of sp³-hybridized carbons (Fsp3) is 0.0588. The van der Waals surface area contributed by atoms with Crippen molar-refractivity contribution in [2.24, 2.45) is 0 Å². The van der Waals surface area contributed by atoms with Gasteiger partial charge in [-0.05, 0) is 24.3 Å². The van der Waals surface area contributed by atoms with E-state index in [1.165, 1.54) is 4.68 Å².